The molecule has 32 heavy (non-hydrogen) atoms. The first-order chi connectivity index (χ1) is 15.6. The van der Waals surface area contributed by atoms with Crippen LogP contribution in [0.1, 0.15) is 33.3 Å². The molecule has 0 saturated carbocycles. The molecular weight excluding hydrogens is 433 g/mol. The van der Waals surface area contributed by atoms with Crippen molar-refractivity contribution >= 4 is 28.9 Å². The fraction of sp³-hybridized carbons (Fsp3) is 0.174. The molecule has 1 aromatic heterocycles. The number of halogens is 1. The molecule has 1 atom stereocenters. The smallest absolute Gasteiger partial charge is 0.262 e. The summed E-state index contributed by atoms with van der Waals surface area (Å²) >= 11 is 1.54. The summed E-state index contributed by atoms with van der Waals surface area (Å²) in [7, 11) is 0. The molecule has 0 unspecified atom stereocenters. The van der Waals surface area contributed by atoms with Crippen LogP contribution in [0.15, 0.2) is 65.1 Å². The highest BCUT2D eigenvalue weighted by Crippen LogP contribution is 2.39. The van der Waals surface area contributed by atoms with Crippen LogP contribution >= 0.6 is 11.3 Å². The van der Waals surface area contributed by atoms with Crippen LogP contribution < -0.4 is 14.8 Å². The van der Waals surface area contributed by atoms with Crippen molar-refractivity contribution in [1.82, 2.24) is 10.3 Å². The van der Waals surface area contributed by atoms with Gasteiger partial charge in [0.1, 0.15) is 5.82 Å². The Hall–Kier alpha value is -3.72. The summed E-state index contributed by atoms with van der Waals surface area (Å²) in [5.74, 6) is -0.426. The first-order valence-electron chi connectivity index (χ1n) is 9.96. The molecular formula is C23H18FN3O4S. The van der Waals surface area contributed by atoms with Crippen LogP contribution in [0.5, 0.6) is 11.5 Å². The van der Waals surface area contributed by atoms with E-state index in [0.29, 0.717) is 17.9 Å². The summed E-state index contributed by atoms with van der Waals surface area (Å²) in [5.41, 5.74) is 1.52. The highest BCUT2D eigenvalue weighted by atomic mass is 32.1. The maximum Gasteiger partial charge on any atom is 0.262 e. The summed E-state index contributed by atoms with van der Waals surface area (Å²) in [4.78, 5) is 26.4. The third-order valence-corrected chi connectivity index (χ3v) is 6.19. The molecule has 2 amide bonds. The number of rotatable bonds is 5. The fourth-order valence-corrected chi connectivity index (χ4v) is 4.41. The van der Waals surface area contributed by atoms with E-state index in [0.717, 1.165) is 16.2 Å². The lowest BCUT2D eigenvalue weighted by Gasteiger charge is -2.22. The Kier molecular flexibility index (Phi) is 5.32. The quantitative estimate of drug-likeness (QED) is 0.641. The van der Waals surface area contributed by atoms with Crippen LogP contribution in [-0.4, -0.2) is 35.9 Å². The van der Waals surface area contributed by atoms with Crippen molar-refractivity contribution in [3.63, 3.8) is 0 Å². The van der Waals surface area contributed by atoms with E-state index in [1.54, 1.807) is 17.4 Å². The minimum atomic E-state index is -0.655. The summed E-state index contributed by atoms with van der Waals surface area (Å²) in [5, 5.41) is 10.4. The van der Waals surface area contributed by atoms with Gasteiger partial charge in [-0.2, -0.15) is 5.10 Å². The van der Waals surface area contributed by atoms with Crippen molar-refractivity contribution in [3.8, 4) is 11.5 Å². The number of hydrazone groups is 1. The first kappa shape index (κ1) is 20.2. The van der Waals surface area contributed by atoms with Crippen LogP contribution in [-0.2, 0) is 4.79 Å². The lowest BCUT2D eigenvalue weighted by Crippen LogP contribution is -2.38. The highest BCUT2D eigenvalue weighted by molar-refractivity contribution is 7.12. The van der Waals surface area contributed by atoms with E-state index in [9.17, 15) is 14.0 Å². The second kappa shape index (κ2) is 8.43. The number of thiophene rings is 1. The fourth-order valence-electron chi connectivity index (χ4n) is 3.69. The number of hydrogen-bond donors (Lipinski definition) is 1. The number of carbonyl (C=O) groups excluding carboxylic acids is 2. The maximum atomic E-state index is 13.9. The van der Waals surface area contributed by atoms with Crippen molar-refractivity contribution < 1.29 is 23.5 Å². The van der Waals surface area contributed by atoms with Crippen molar-refractivity contribution in [3.05, 3.63) is 81.8 Å². The van der Waals surface area contributed by atoms with E-state index < -0.39 is 17.6 Å². The largest absolute Gasteiger partial charge is 0.454 e. The zero-order chi connectivity index (χ0) is 22.1. The molecule has 2 aliphatic rings. The van der Waals surface area contributed by atoms with Crippen molar-refractivity contribution in [2.45, 2.75) is 12.5 Å². The summed E-state index contributed by atoms with van der Waals surface area (Å²) in [6.07, 6.45) is 0.521. The standard InChI is InChI=1S/C23H18FN3O4S/c24-16-5-2-1-4-15(16)23(29)25-12-22(28)27-18(11-17(26-27)21-6-3-9-32-21)14-7-8-19-20(10-14)31-13-30-19/h1-10,18H,11-13H2,(H,25,29)/t18-/m0/s1. The SMILES string of the molecule is O=C(NCC(=O)N1N=C(c2cccs2)C[C@H]1c1ccc2c(c1)OCO2)c1ccccc1F. The molecule has 162 valence electrons. The second-order valence-electron chi connectivity index (χ2n) is 7.26. The molecule has 2 aliphatic heterocycles. The van der Waals surface area contributed by atoms with Gasteiger partial charge in [-0.05, 0) is 41.3 Å². The van der Waals surface area contributed by atoms with Gasteiger partial charge in [0.25, 0.3) is 11.8 Å². The summed E-state index contributed by atoms with van der Waals surface area (Å²) in [6.45, 7) is -0.152. The Labute approximate surface area is 187 Å². The zero-order valence-corrected chi connectivity index (χ0v) is 17.6. The third kappa shape index (κ3) is 3.82. The molecule has 3 aromatic rings. The van der Waals surface area contributed by atoms with Crippen LogP contribution in [0.2, 0.25) is 0 Å². The van der Waals surface area contributed by atoms with Gasteiger partial charge in [-0.25, -0.2) is 9.40 Å². The van der Waals surface area contributed by atoms with Gasteiger partial charge in [-0.15, -0.1) is 11.3 Å². The van der Waals surface area contributed by atoms with Crippen LogP contribution in [0.4, 0.5) is 4.39 Å². The molecule has 0 bridgehead atoms. The van der Waals surface area contributed by atoms with Gasteiger partial charge in [0.05, 0.1) is 28.7 Å². The van der Waals surface area contributed by atoms with E-state index in [2.05, 4.69) is 10.4 Å². The van der Waals surface area contributed by atoms with Crippen LogP contribution in [0, 0.1) is 5.82 Å². The number of carbonyl (C=O) groups is 2. The molecule has 3 heterocycles. The minimum Gasteiger partial charge on any atom is -0.454 e. The first-order valence-corrected chi connectivity index (χ1v) is 10.8. The van der Waals surface area contributed by atoms with Gasteiger partial charge in [-0.3, -0.25) is 9.59 Å². The van der Waals surface area contributed by atoms with E-state index in [-0.39, 0.29) is 24.9 Å². The number of amides is 2. The molecule has 1 N–H and O–H groups in total. The lowest BCUT2D eigenvalue weighted by molar-refractivity contribution is -0.131. The Morgan fingerprint density at radius 3 is 2.78 bits per heavy atom. The van der Waals surface area contributed by atoms with Crippen LogP contribution in [0.25, 0.3) is 0 Å². The van der Waals surface area contributed by atoms with E-state index in [1.807, 2.05) is 35.7 Å². The van der Waals surface area contributed by atoms with E-state index >= 15 is 0 Å². The van der Waals surface area contributed by atoms with Gasteiger partial charge in [0.2, 0.25) is 6.79 Å². The number of fused-ring (bicyclic) bond motifs is 1. The maximum absolute atomic E-state index is 13.9. The van der Waals surface area contributed by atoms with E-state index in [1.165, 1.54) is 23.2 Å². The Morgan fingerprint density at radius 2 is 1.97 bits per heavy atom. The predicted molar refractivity (Wildman–Crippen MR) is 116 cm³/mol. The Morgan fingerprint density at radius 1 is 1.12 bits per heavy atom. The average molecular weight is 451 g/mol. The normalized spacial score (nSPS) is 16.7. The molecule has 0 saturated heterocycles. The molecule has 7 nitrogen and oxygen atoms in total. The minimum absolute atomic E-state index is 0.114. The molecule has 2 aromatic carbocycles. The molecule has 0 radical (unpaired) electrons. The molecule has 9 heteroatoms. The van der Waals surface area contributed by atoms with Crippen molar-refractivity contribution in [2.75, 3.05) is 13.3 Å². The van der Waals surface area contributed by atoms with Gasteiger partial charge in [-0.1, -0.05) is 24.3 Å². The average Bonchev–Trinajstić information content (AvgIpc) is 3.57. The highest BCUT2D eigenvalue weighted by Gasteiger charge is 2.34. The topological polar surface area (TPSA) is 80.2 Å². The number of ether oxygens (including phenoxy) is 2. The van der Waals surface area contributed by atoms with Gasteiger partial charge in [0, 0.05) is 6.42 Å². The second-order valence-corrected chi connectivity index (χ2v) is 8.21. The number of nitrogens with zero attached hydrogens (tertiary/aromatic N) is 2. The monoisotopic (exact) mass is 451 g/mol. The van der Waals surface area contributed by atoms with Gasteiger partial charge >= 0.3 is 0 Å². The Bertz CT molecular complexity index is 1210. The Balaban J connectivity index is 1.37. The summed E-state index contributed by atoms with van der Waals surface area (Å²) < 4.78 is 24.7. The number of benzene rings is 2. The van der Waals surface area contributed by atoms with Gasteiger partial charge in [0.15, 0.2) is 11.5 Å². The van der Waals surface area contributed by atoms with Crippen molar-refractivity contribution in [2.24, 2.45) is 5.10 Å². The third-order valence-electron chi connectivity index (χ3n) is 5.27. The predicted octanol–water partition coefficient (Wildman–Crippen LogP) is 3.72. The number of nitrogens with one attached hydrogen (secondary N) is 1. The summed E-state index contributed by atoms with van der Waals surface area (Å²) in [6, 6.07) is 14.7. The molecule has 0 fully saturated rings. The molecule has 5 rings (SSSR count). The lowest BCUT2D eigenvalue weighted by atomic mass is 10.0. The number of hydrogen-bond acceptors (Lipinski definition) is 6. The van der Waals surface area contributed by atoms with Crippen LogP contribution in [0.3, 0.4) is 0 Å². The molecule has 0 aliphatic carbocycles. The molecule has 0 spiro atoms. The van der Waals surface area contributed by atoms with Gasteiger partial charge < -0.3 is 14.8 Å². The van der Waals surface area contributed by atoms with E-state index in [4.69, 9.17) is 9.47 Å². The van der Waals surface area contributed by atoms with Crippen molar-refractivity contribution in [1.29, 1.82) is 0 Å². The zero-order valence-electron chi connectivity index (χ0n) is 16.8.